The van der Waals surface area contributed by atoms with Crippen LogP contribution in [0.1, 0.15) is 18.1 Å². The number of nitriles is 1. The Morgan fingerprint density at radius 3 is 2.94 bits per heavy atom. The first-order valence-electron chi connectivity index (χ1n) is 5.60. The minimum Gasteiger partial charge on any atom is -0.382 e. The van der Waals surface area contributed by atoms with Gasteiger partial charge < -0.3 is 10.1 Å². The van der Waals surface area contributed by atoms with Gasteiger partial charge in [-0.25, -0.2) is 0 Å². The summed E-state index contributed by atoms with van der Waals surface area (Å²) in [7, 11) is 0. The van der Waals surface area contributed by atoms with Gasteiger partial charge in [0.1, 0.15) is 6.07 Å². The lowest BCUT2D eigenvalue weighted by Crippen LogP contribution is -2.11. The third kappa shape index (κ3) is 4.71. The molecule has 0 aromatic heterocycles. The van der Waals surface area contributed by atoms with E-state index in [4.69, 9.17) is 10.00 Å². The Labute approximate surface area is 103 Å². The number of ether oxygens (including phenoxy) is 1. The van der Waals surface area contributed by atoms with Gasteiger partial charge in [-0.3, -0.25) is 0 Å². The van der Waals surface area contributed by atoms with Crippen LogP contribution < -0.4 is 5.32 Å². The number of hydrogen-bond acceptors (Lipinski definition) is 3. The van der Waals surface area contributed by atoms with Gasteiger partial charge in [0.25, 0.3) is 0 Å². The molecule has 3 nitrogen and oxygen atoms in total. The molecular weight excluding hydrogens is 212 g/mol. The highest BCUT2D eigenvalue weighted by atomic mass is 16.5. The highest BCUT2D eigenvalue weighted by Crippen LogP contribution is 2.16. The van der Waals surface area contributed by atoms with Crippen molar-refractivity contribution in [2.75, 3.05) is 25.1 Å². The van der Waals surface area contributed by atoms with Crippen molar-refractivity contribution in [2.45, 2.75) is 13.8 Å². The maximum Gasteiger partial charge on any atom is 0.101 e. The lowest BCUT2D eigenvalue weighted by atomic mass is 10.1. The molecule has 0 aliphatic carbocycles. The molecule has 17 heavy (non-hydrogen) atoms. The molecule has 1 aromatic carbocycles. The lowest BCUT2D eigenvalue weighted by Gasteiger charge is -2.09. The van der Waals surface area contributed by atoms with Gasteiger partial charge in [0.2, 0.25) is 0 Å². The van der Waals surface area contributed by atoms with E-state index in [1.807, 2.05) is 32.0 Å². The van der Waals surface area contributed by atoms with Gasteiger partial charge >= 0.3 is 0 Å². The molecule has 0 heterocycles. The van der Waals surface area contributed by atoms with Crippen molar-refractivity contribution in [3.8, 4) is 6.07 Å². The molecule has 0 aliphatic rings. The fourth-order valence-electron chi connectivity index (χ4n) is 1.41. The molecule has 0 atom stereocenters. The van der Waals surface area contributed by atoms with Crippen molar-refractivity contribution < 1.29 is 4.74 Å². The van der Waals surface area contributed by atoms with Gasteiger partial charge in [-0.05, 0) is 31.5 Å². The fraction of sp³-hybridized carbons (Fsp3) is 0.357. The van der Waals surface area contributed by atoms with Gasteiger partial charge in [-0.1, -0.05) is 18.2 Å². The number of hydrogen-bond donors (Lipinski definition) is 1. The van der Waals surface area contributed by atoms with E-state index in [9.17, 15) is 0 Å². The SMILES string of the molecule is C=C(C)COCCNc1cc(C)ccc1C#N. The van der Waals surface area contributed by atoms with Crippen molar-refractivity contribution in [2.24, 2.45) is 0 Å². The first-order chi connectivity index (χ1) is 8.13. The Balaban J connectivity index is 2.43. The lowest BCUT2D eigenvalue weighted by molar-refractivity contribution is 0.167. The first kappa shape index (κ1) is 13.3. The van der Waals surface area contributed by atoms with E-state index in [1.54, 1.807) is 0 Å². The van der Waals surface area contributed by atoms with Crippen LogP contribution in [0.2, 0.25) is 0 Å². The molecule has 1 N–H and O–H groups in total. The van der Waals surface area contributed by atoms with Crippen LogP contribution in [-0.4, -0.2) is 19.8 Å². The molecule has 3 heteroatoms. The second kappa shape index (κ2) is 6.72. The second-order valence-electron chi connectivity index (χ2n) is 4.10. The van der Waals surface area contributed by atoms with Crippen LogP contribution in [0.5, 0.6) is 0 Å². The normalized spacial score (nSPS) is 9.71. The molecule has 0 radical (unpaired) electrons. The zero-order chi connectivity index (χ0) is 12.7. The van der Waals surface area contributed by atoms with Gasteiger partial charge in [-0.2, -0.15) is 5.26 Å². The zero-order valence-electron chi connectivity index (χ0n) is 10.4. The molecule has 0 amide bonds. The number of benzene rings is 1. The minimum atomic E-state index is 0.584. The van der Waals surface area contributed by atoms with E-state index < -0.39 is 0 Å². The summed E-state index contributed by atoms with van der Waals surface area (Å²) in [6.45, 7) is 9.57. The molecule has 0 unspecified atom stereocenters. The second-order valence-corrected chi connectivity index (χ2v) is 4.10. The summed E-state index contributed by atoms with van der Waals surface area (Å²) >= 11 is 0. The third-order valence-electron chi connectivity index (χ3n) is 2.21. The number of anilines is 1. The third-order valence-corrected chi connectivity index (χ3v) is 2.21. The Morgan fingerprint density at radius 1 is 1.53 bits per heavy atom. The molecule has 0 spiro atoms. The highest BCUT2D eigenvalue weighted by molar-refractivity contribution is 5.58. The number of nitrogens with one attached hydrogen (secondary N) is 1. The molecule has 0 fully saturated rings. The summed E-state index contributed by atoms with van der Waals surface area (Å²) in [5.74, 6) is 0. The summed E-state index contributed by atoms with van der Waals surface area (Å²) in [4.78, 5) is 0. The average molecular weight is 230 g/mol. The van der Waals surface area contributed by atoms with Crippen molar-refractivity contribution in [1.29, 1.82) is 5.26 Å². The summed E-state index contributed by atoms with van der Waals surface area (Å²) < 4.78 is 5.38. The quantitative estimate of drug-likeness (QED) is 0.603. The van der Waals surface area contributed by atoms with Gasteiger partial charge in [0.15, 0.2) is 0 Å². The van der Waals surface area contributed by atoms with Crippen molar-refractivity contribution in [3.63, 3.8) is 0 Å². The topological polar surface area (TPSA) is 45.0 Å². The van der Waals surface area contributed by atoms with E-state index in [0.717, 1.165) is 16.8 Å². The van der Waals surface area contributed by atoms with Gasteiger partial charge in [0, 0.05) is 6.54 Å². The molecule has 0 saturated carbocycles. The monoisotopic (exact) mass is 230 g/mol. The van der Waals surface area contributed by atoms with Crippen molar-refractivity contribution >= 4 is 5.69 Å². The van der Waals surface area contributed by atoms with E-state index in [1.165, 1.54) is 0 Å². The molecule has 1 rings (SSSR count). The predicted octanol–water partition coefficient (Wildman–Crippen LogP) is 2.87. The summed E-state index contributed by atoms with van der Waals surface area (Å²) in [5.41, 5.74) is 3.68. The number of aryl methyl sites for hydroxylation is 1. The molecule has 0 aliphatic heterocycles. The summed E-state index contributed by atoms with van der Waals surface area (Å²) in [5, 5.41) is 12.2. The van der Waals surface area contributed by atoms with Gasteiger partial charge in [0.05, 0.1) is 24.5 Å². The summed E-state index contributed by atoms with van der Waals surface area (Å²) in [6.07, 6.45) is 0. The van der Waals surface area contributed by atoms with Crippen LogP contribution in [0.25, 0.3) is 0 Å². The van der Waals surface area contributed by atoms with E-state index in [0.29, 0.717) is 25.3 Å². The maximum atomic E-state index is 8.95. The standard InChI is InChI=1S/C14H18N2O/c1-11(2)10-17-7-6-16-14-8-12(3)4-5-13(14)9-15/h4-5,8,16H,1,6-7,10H2,2-3H3. The largest absolute Gasteiger partial charge is 0.382 e. The Bertz CT molecular complexity index is 432. The van der Waals surface area contributed by atoms with Crippen molar-refractivity contribution in [3.05, 3.63) is 41.5 Å². The Morgan fingerprint density at radius 2 is 2.29 bits per heavy atom. The molecule has 90 valence electrons. The Hall–Kier alpha value is -1.79. The Kier molecular flexibility index (Phi) is 5.25. The number of nitrogens with zero attached hydrogens (tertiary/aromatic N) is 1. The van der Waals surface area contributed by atoms with Crippen LogP contribution in [-0.2, 0) is 4.74 Å². The minimum absolute atomic E-state index is 0.584. The van der Waals surface area contributed by atoms with Crippen LogP contribution in [0, 0.1) is 18.3 Å². The number of rotatable bonds is 6. The van der Waals surface area contributed by atoms with E-state index in [2.05, 4.69) is 18.0 Å². The first-order valence-corrected chi connectivity index (χ1v) is 5.60. The van der Waals surface area contributed by atoms with Crippen LogP contribution in [0.4, 0.5) is 5.69 Å². The fourth-order valence-corrected chi connectivity index (χ4v) is 1.41. The van der Waals surface area contributed by atoms with E-state index >= 15 is 0 Å². The zero-order valence-corrected chi connectivity index (χ0v) is 10.4. The van der Waals surface area contributed by atoms with Crippen LogP contribution >= 0.6 is 0 Å². The van der Waals surface area contributed by atoms with Crippen LogP contribution in [0.15, 0.2) is 30.4 Å². The summed E-state index contributed by atoms with van der Waals surface area (Å²) in [6, 6.07) is 7.89. The molecule has 0 bridgehead atoms. The van der Waals surface area contributed by atoms with Gasteiger partial charge in [-0.15, -0.1) is 0 Å². The van der Waals surface area contributed by atoms with Crippen LogP contribution in [0.3, 0.4) is 0 Å². The van der Waals surface area contributed by atoms with E-state index in [-0.39, 0.29) is 0 Å². The van der Waals surface area contributed by atoms with Crippen molar-refractivity contribution in [1.82, 2.24) is 0 Å². The predicted molar refractivity (Wildman–Crippen MR) is 70.0 cm³/mol. The smallest absolute Gasteiger partial charge is 0.101 e. The molecule has 1 aromatic rings. The average Bonchev–Trinajstić information content (AvgIpc) is 2.28. The highest BCUT2D eigenvalue weighted by Gasteiger charge is 2.00. The maximum absolute atomic E-state index is 8.95. The molecular formula is C14H18N2O. The molecule has 0 saturated heterocycles.